The molecule has 3 atom stereocenters. The third-order valence-corrected chi connectivity index (χ3v) is 3.92. The number of amides is 1. The summed E-state index contributed by atoms with van der Waals surface area (Å²) in [7, 11) is 0. The van der Waals surface area contributed by atoms with Gasteiger partial charge in [-0.05, 0) is 32.1 Å². The summed E-state index contributed by atoms with van der Waals surface area (Å²) in [5, 5.41) is 3.55. The van der Waals surface area contributed by atoms with Gasteiger partial charge in [-0.3, -0.25) is 4.79 Å². The van der Waals surface area contributed by atoms with E-state index >= 15 is 0 Å². The smallest absolute Gasteiger partial charge is 0.227 e. The number of rotatable bonds is 5. The molecule has 2 aliphatic rings. The summed E-state index contributed by atoms with van der Waals surface area (Å²) < 4.78 is 0. The molecule has 16 heavy (non-hydrogen) atoms. The molecule has 3 nitrogen and oxygen atoms in total. The molecule has 0 radical (unpaired) electrons. The van der Waals surface area contributed by atoms with Crippen molar-refractivity contribution in [2.45, 2.75) is 58.0 Å². The summed E-state index contributed by atoms with van der Waals surface area (Å²) in [6.07, 6.45) is 5.69. The van der Waals surface area contributed by atoms with Crippen molar-refractivity contribution in [1.29, 1.82) is 0 Å². The number of hydrogen-bond acceptors (Lipinski definition) is 2. The van der Waals surface area contributed by atoms with Gasteiger partial charge >= 0.3 is 0 Å². The SMILES string of the molecule is CCCN(CCC)C(=O)C1CC2CCC1N2. The topological polar surface area (TPSA) is 32.3 Å². The van der Waals surface area contributed by atoms with Crippen molar-refractivity contribution in [3.63, 3.8) is 0 Å². The molecule has 2 rings (SSSR count). The van der Waals surface area contributed by atoms with Crippen molar-refractivity contribution in [2.75, 3.05) is 13.1 Å². The normalized spacial score (nSPS) is 32.0. The van der Waals surface area contributed by atoms with Crippen LogP contribution in [0.4, 0.5) is 0 Å². The number of carbonyl (C=O) groups is 1. The number of hydrogen-bond donors (Lipinski definition) is 1. The highest BCUT2D eigenvalue weighted by molar-refractivity contribution is 5.80. The van der Waals surface area contributed by atoms with Gasteiger partial charge in [0, 0.05) is 25.2 Å². The minimum atomic E-state index is 0.275. The third kappa shape index (κ3) is 2.24. The second-order valence-electron chi connectivity index (χ2n) is 5.21. The van der Waals surface area contributed by atoms with Gasteiger partial charge in [0.25, 0.3) is 0 Å². The predicted molar refractivity (Wildman–Crippen MR) is 65.2 cm³/mol. The van der Waals surface area contributed by atoms with E-state index in [4.69, 9.17) is 0 Å². The van der Waals surface area contributed by atoms with E-state index in [1.54, 1.807) is 0 Å². The van der Waals surface area contributed by atoms with Gasteiger partial charge in [0.05, 0.1) is 5.92 Å². The zero-order valence-electron chi connectivity index (χ0n) is 10.5. The van der Waals surface area contributed by atoms with E-state index in [9.17, 15) is 4.79 Å². The summed E-state index contributed by atoms with van der Waals surface area (Å²) in [6.45, 7) is 6.16. The molecule has 0 aliphatic carbocycles. The minimum absolute atomic E-state index is 0.275. The summed E-state index contributed by atoms with van der Waals surface area (Å²) in [5.41, 5.74) is 0. The van der Waals surface area contributed by atoms with E-state index in [-0.39, 0.29) is 5.92 Å². The standard InChI is InChI=1S/C13H24N2O/c1-3-7-15(8-4-2)13(16)11-9-10-5-6-12(11)14-10/h10-12,14H,3-9H2,1-2H3. The van der Waals surface area contributed by atoms with Crippen molar-refractivity contribution in [3.05, 3.63) is 0 Å². The number of nitrogens with one attached hydrogen (secondary N) is 1. The second kappa shape index (κ2) is 5.17. The van der Waals surface area contributed by atoms with Crippen LogP contribution in [-0.4, -0.2) is 36.0 Å². The molecular formula is C13H24N2O. The average molecular weight is 224 g/mol. The molecule has 2 bridgehead atoms. The van der Waals surface area contributed by atoms with Crippen LogP contribution in [0.15, 0.2) is 0 Å². The quantitative estimate of drug-likeness (QED) is 0.772. The van der Waals surface area contributed by atoms with Crippen LogP contribution in [0.1, 0.15) is 46.0 Å². The molecule has 0 spiro atoms. The van der Waals surface area contributed by atoms with Gasteiger partial charge in [-0.15, -0.1) is 0 Å². The van der Waals surface area contributed by atoms with Crippen LogP contribution in [0.5, 0.6) is 0 Å². The highest BCUT2D eigenvalue weighted by atomic mass is 16.2. The lowest BCUT2D eigenvalue weighted by Crippen LogP contribution is -2.41. The maximum Gasteiger partial charge on any atom is 0.227 e. The van der Waals surface area contributed by atoms with E-state index in [0.29, 0.717) is 18.0 Å². The van der Waals surface area contributed by atoms with E-state index in [1.807, 2.05) is 0 Å². The largest absolute Gasteiger partial charge is 0.342 e. The Balaban J connectivity index is 1.94. The molecule has 0 aromatic heterocycles. The molecule has 0 saturated carbocycles. The van der Waals surface area contributed by atoms with Crippen molar-refractivity contribution < 1.29 is 4.79 Å². The first-order valence-corrected chi connectivity index (χ1v) is 6.81. The summed E-state index contributed by atoms with van der Waals surface area (Å²) in [4.78, 5) is 14.5. The summed E-state index contributed by atoms with van der Waals surface area (Å²) in [6, 6.07) is 1.11. The Morgan fingerprint density at radius 2 is 1.94 bits per heavy atom. The highest BCUT2D eigenvalue weighted by Crippen LogP contribution is 2.34. The lowest BCUT2D eigenvalue weighted by Gasteiger charge is -2.28. The monoisotopic (exact) mass is 224 g/mol. The van der Waals surface area contributed by atoms with Crippen LogP contribution in [0.2, 0.25) is 0 Å². The number of carbonyl (C=O) groups excluding carboxylic acids is 1. The molecule has 2 saturated heterocycles. The lowest BCUT2D eigenvalue weighted by molar-refractivity contribution is -0.136. The molecule has 3 unspecified atom stereocenters. The first-order chi connectivity index (χ1) is 7.76. The lowest BCUT2D eigenvalue weighted by atomic mass is 9.88. The molecule has 1 amide bonds. The second-order valence-corrected chi connectivity index (χ2v) is 5.21. The molecule has 2 aliphatic heterocycles. The molecule has 0 aromatic rings. The maximum atomic E-state index is 12.4. The molecule has 0 aromatic carbocycles. The molecule has 2 fully saturated rings. The molecule has 2 heterocycles. The van der Waals surface area contributed by atoms with Gasteiger partial charge in [0.15, 0.2) is 0 Å². The third-order valence-electron chi connectivity index (χ3n) is 3.92. The average Bonchev–Trinajstić information content (AvgIpc) is 2.89. The Kier molecular flexibility index (Phi) is 3.85. The van der Waals surface area contributed by atoms with E-state index in [1.165, 1.54) is 12.8 Å². The minimum Gasteiger partial charge on any atom is -0.342 e. The first-order valence-electron chi connectivity index (χ1n) is 6.81. The van der Waals surface area contributed by atoms with Crippen LogP contribution < -0.4 is 5.32 Å². The van der Waals surface area contributed by atoms with Crippen LogP contribution in [0.25, 0.3) is 0 Å². The predicted octanol–water partition coefficient (Wildman–Crippen LogP) is 1.78. The van der Waals surface area contributed by atoms with Crippen molar-refractivity contribution >= 4 is 5.91 Å². The Hall–Kier alpha value is -0.570. The van der Waals surface area contributed by atoms with Gasteiger partial charge in [-0.1, -0.05) is 13.8 Å². The van der Waals surface area contributed by atoms with Gasteiger partial charge in [-0.25, -0.2) is 0 Å². The summed E-state index contributed by atoms with van der Waals surface area (Å²) >= 11 is 0. The van der Waals surface area contributed by atoms with Crippen LogP contribution in [0, 0.1) is 5.92 Å². The number of fused-ring (bicyclic) bond motifs is 2. The van der Waals surface area contributed by atoms with Gasteiger partial charge in [0.1, 0.15) is 0 Å². The fourth-order valence-electron chi connectivity index (χ4n) is 3.20. The Labute approximate surface area is 98.6 Å². The summed E-state index contributed by atoms with van der Waals surface area (Å²) in [5.74, 6) is 0.681. The van der Waals surface area contributed by atoms with E-state index in [0.717, 1.165) is 32.4 Å². The Bertz CT molecular complexity index is 248. The highest BCUT2D eigenvalue weighted by Gasteiger charge is 2.43. The van der Waals surface area contributed by atoms with E-state index < -0.39 is 0 Å². The van der Waals surface area contributed by atoms with Crippen molar-refractivity contribution in [1.82, 2.24) is 10.2 Å². The Morgan fingerprint density at radius 3 is 2.38 bits per heavy atom. The van der Waals surface area contributed by atoms with E-state index in [2.05, 4.69) is 24.1 Å². The molecule has 92 valence electrons. The van der Waals surface area contributed by atoms with Crippen LogP contribution >= 0.6 is 0 Å². The molecular weight excluding hydrogens is 200 g/mol. The van der Waals surface area contributed by atoms with Gasteiger partial charge < -0.3 is 10.2 Å². The molecule has 1 N–H and O–H groups in total. The zero-order valence-corrected chi connectivity index (χ0v) is 10.5. The fourth-order valence-corrected chi connectivity index (χ4v) is 3.20. The Morgan fingerprint density at radius 1 is 1.25 bits per heavy atom. The van der Waals surface area contributed by atoms with Crippen LogP contribution in [0.3, 0.4) is 0 Å². The number of nitrogens with zero attached hydrogens (tertiary/aromatic N) is 1. The molecule has 3 heteroatoms. The van der Waals surface area contributed by atoms with Gasteiger partial charge in [-0.2, -0.15) is 0 Å². The maximum absolute atomic E-state index is 12.4. The van der Waals surface area contributed by atoms with Crippen molar-refractivity contribution in [3.8, 4) is 0 Å². The zero-order chi connectivity index (χ0) is 11.5. The van der Waals surface area contributed by atoms with Gasteiger partial charge in [0.2, 0.25) is 5.91 Å². The first kappa shape index (κ1) is 11.9. The van der Waals surface area contributed by atoms with Crippen LogP contribution in [-0.2, 0) is 4.79 Å². The fraction of sp³-hybridized carbons (Fsp3) is 0.923. The van der Waals surface area contributed by atoms with Crippen molar-refractivity contribution in [2.24, 2.45) is 5.92 Å².